The van der Waals surface area contributed by atoms with E-state index in [0.29, 0.717) is 0 Å². The van der Waals surface area contributed by atoms with Gasteiger partial charge in [0.05, 0.1) is 19.8 Å². The van der Waals surface area contributed by atoms with E-state index >= 15 is 0 Å². The van der Waals surface area contributed by atoms with Crippen LogP contribution in [0.15, 0.2) is 73.3 Å². The Morgan fingerprint density at radius 3 is 2.59 bits per heavy atom. The first-order valence-electron chi connectivity index (χ1n) is 9.63. The highest BCUT2D eigenvalue weighted by Crippen LogP contribution is 2.43. The Hall–Kier alpha value is -2.98. The van der Waals surface area contributed by atoms with Crippen molar-refractivity contribution in [3.05, 3.63) is 89.5 Å². The summed E-state index contributed by atoms with van der Waals surface area (Å²) in [5.74, 6) is 0.846. The number of anilines is 1. The van der Waals surface area contributed by atoms with Gasteiger partial charge in [0, 0.05) is 52.2 Å². The number of benzene rings is 2. The molecule has 0 fully saturated rings. The smallest absolute Gasteiger partial charge is 0.132 e. The zero-order valence-corrected chi connectivity index (χ0v) is 17.6. The van der Waals surface area contributed by atoms with Crippen molar-refractivity contribution in [2.24, 2.45) is 0 Å². The van der Waals surface area contributed by atoms with Gasteiger partial charge in [-0.2, -0.15) is 0 Å². The van der Waals surface area contributed by atoms with Gasteiger partial charge in [0.25, 0.3) is 0 Å². The van der Waals surface area contributed by atoms with Gasteiger partial charge in [0.1, 0.15) is 5.75 Å². The number of rotatable bonds is 5. The molecule has 1 unspecified atom stereocenters. The number of para-hydroxylation sites is 1. The highest BCUT2D eigenvalue weighted by atomic mass is 35.5. The molecule has 3 aromatic rings. The average molecular weight is 406 g/mol. The Labute approximate surface area is 177 Å². The van der Waals surface area contributed by atoms with Crippen LogP contribution in [-0.4, -0.2) is 23.7 Å². The van der Waals surface area contributed by atoms with Gasteiger partial charge in [-0.15, -0.1) is 0 Å². The van der Waals surface area contributed by atoms with Gasteiger partial charge in [0.2, 0.25) is 0 Å². The van der Waals surface area contributed by atoms with Gasteiger partial charge in [-0.1, -0.05) is 35.9 Å². The van der Waals surface area contributed by atoms with Crippen LogP contribution >= 0.6 is 11.6 Å². The normalized spacial score (nSPS) is 14.3. The highest BCUT2D eigenvalue weighted by molar-refractivity contribution is 6.32. The van der Waals surface area contributed by atoms with Gasteiger partial charge >= 0.3 is 0 Å². The third-order valence-corrected chi connectivity index (χ3v) is 5.84. The second kappa shape index (κ2) is 8.18. The number of pyridine rings is 1. The van der Waals surface area contributed by atoms with Gasteiger partial charge in [-0.05, 0) is 43.7 Å². The summed E-state index contributed by atoms with van der Waals surface area (Å²) < 4.78 is 5.91. The molecule has 148 valence electrons. The molecule has 1 aliphatic heterocycles. The van der Waals surface area contributed by atoms with E-state index in [0.717, 1.165) is 39.7 Å². The monoisotopic (exact) mass is 405 g/mol. The molecule has 5 heteroatoms. The number of nitrogens with zero attached hydrogens (tertiary/aromatic N) is 3. The molecule has 0 N–H and O–H groups in total. The van der Waals surface area contributed by atoms with Gasteiger partial charge in [-0.3, -0.25) is 4.98 Å². The Balaban J connectivity index is 1.70. The van der Waals surface area contributed by atoms with Crippen LogP contribution in [0.4, 0.5) is 5.69 Å². The molecular formula is C24H24ClN3O. The van der Waals surface area contributed by atoms with Crippen molar-refractivity contribution in [2.75, 3.05) is 18.7 Å². The second-order valence-electron chi connectivity index (χ2n) is 7.16. The predicted molar refractivity (Wildman–Crippen MR) is 119 cm³/mol. The zero-order chi connectivity index (χ0) is 20.4. The van der Waals surface area contributed by atoms with Gasteiger partial charge < -0.3 is 14.5 Å². The lowest BCUT2D eigenvalue weighted by Crippen LogP contribution is -2.27. The SMILES string of the molecule is COc1c(C(C)N2C=CN(c3ccccc3)C2)cc(Cl)c(C)c1-c1cccnc1. The second-order valence-corrected chi connectivity index (χ2v) is 7.56. The van der Waals surface area contributed by atoms with Crippen molar-refractivity contribution in [1.29, 1.82) is 0 Å². The fraction of sp³-hybridized carbons (Fsp3) is 0.208. The van der Waals surface area contributed by atoms with E-state index in [4.69, 9.17) is 16.3 Å². The maximum Gasteiger partial charge on any atom is 0.132 e. The van der Waals surface area contributed by atoms with Crippen LogP contribution < -0.4 is 9.64 Å². The third-order valence-electron chi connectivity index (χ3n) is 5.45. The molecule has 0 saturated carbocycles. The Kier molecular flexibility index (Phi) is 5.45. The number of hydrogen-bond acceptors (Lipinski definition) is 4. The minimum Gasteiger partial charge on any atom is -0.496 e. The molecule has 0 aliphatic carbocycles. The molecule has 0 saturated heterocycles. The molecule has 1 aromatic heterocycles. The van der Waals surface area contributed by atoms with Crippen molar-refractivity contribution >= 4 is 17.3 Å². The van der Waals surface area contributed by atoms with Crippen LogP contribution in [0.1, 0.15) is 24.1 Å². The Bertz CT molecular complexity index is 1020. The summed E-state index contributed by atoms with van der Waals surface area (Å²) in [7, 11) is 1.72. The molecule has 4 rings (SSSR count). The molecule has 1 atom stereocenters. The van der Waals surface area contributed by atoms with E-state index in [2.05, 4.69) is 58.4 Å². The molecule has 0 bridgehead atoms. The number of methoxy groups -OCH3 is 1. The van der Waals surface area contributed by atoms with E-state index < -0.39 is 0 Å². The lowest BCUT2D eigenvalue weighted by atomic mass is 9.94. The van der Waals surface area contributed by atoms with E-state index in [1.165, 1.54) is 5.69 Å². The third kappa shape index (κ3) is 3.68. The summed E-state index contributed by atoms with van der Waals surface area (Å²) in [4.78, 5) is 8.78. The molecule has 0 spiro atoms. The minimum absolute atomic E-state index is 0.0865. The van der Waals surface area contributed by atoms with Crippen LogP contribution in [0.2, 0.25) is 5.02 Å². The Morgan fingerprint density at radius 2 is 1.90 bits per heavy atom. The quantitative estimate of drug-likeness (QED) is 0.518. The predicted octanol–water partition coefficient (Wildman–Crippen LogP) is 6.03. The zero-order valence-electron chi connectivity index (χ0n) is 16.8. The first-order chi connectivity index (χ1) is 14.1. The number of halogens is 1. The summed E-state index contributed by atoms with van der Waals surface area (Å²) in [6, 6.07) is 16.4. The van der Waals surface area contributed by atoms with Crippen LogP contribution in [-0.2, 0) is 0 Å². The molecular weight excluding hydrogens is 382 g/mol. The van der Waals surface area contributed by atoms with Gasteiger partial charge in [0.15, 0.2) is 0 Å². The number of hydrogen-bond donors (Lipinski definition) is 0. The highest BCUT2D eigenvalue weighted by Gasteiger charge is 2.26. The molecule has 2 heterocycles. The van der Waals surface area contributed by atoms with Crippen molar-refractivity contribution in [3.63, 3.8) is 0 Å². The topological polar surface area (TPSA) is 28.6 Å². The number of ether oxygens (including phenoxy) is 1. The molecule has 4 nitrogen and oxygen atoms in total. The molecule has 0 amide bonds. The summed E-state index contributed by atoms with van der Waals surface area (Å²) in [6.07, 6.45) is 7.85. The standard InChI is InChI=1S/C24H24ClN3O/c1-17-22(25)14-21(24(29-3)23(17)19-8-7-11-26-15-19)18(2)27-12-13-28(16-27)20-9-5-4-6-10-20/h4-15,18H,16H2,1-3H3. The summed E-state index contributed by atoms with van der Waals surface area (Å²) in [5, 5.41) is 0.731. The van der Waals surface area contributed by atoms with Crippen LogP contribution in [0.25, 0.3) is 11.1 Å². The van der Waals surface area contributed by atoms with Crippen LogP contribution in [0.5, 0.6) is 5.75 Å². The molecule has 0 radical (unpaired) electrons. The van der Waals surface area contributed by atoms with E-state index in [1.807, 2.05) is 37.4 Å². The molecule has 1 aliphatic rings. The number of aromatic nitrogens is 1. The maximum absolute atomic E-state index is 6.65. The summed E-state index contributed by atoms with van der Waals surface area (Å²) >= 11 is 6.65. The van der Waals surface area contributed by atoms with Crippen molar-refractivity contribution in [2.45, 2.75) is 19.9 Å². The van der Waals surface area contributed by atoms with Crippen LogP contribution in [0.3, 0.4) is 0 Å². The van der Waals surface area contributed by atoms with Crippen molar-refractivity contribution in [3.8, 4) is 16.9 Å². The van der Waals surface area contributed by atoms with Crippen LogP contribution in [0, 0.1) is 6.92 Å². The summed E-state index contributed by atoms with van der Waals surface area (Å²) in [6.45, 7) is 4.96. The first-order valence-corrected chi connectivity index (χ1v) is 10.0. The first kappa shape index (κ1) is 19.3. The van der Waals surface area contributed by atoms with E-state index in [-0.39, 0.29) is 6.04 Å². The fourth-order valence-electron chi connectivity index (χ4n) is 3.79. The van der Waals surface area contributed by atoms with Crippen molar-refractivity contribution < 1.29 is 4.74 Å². The van der Waals surface area contributed by atoms with E-state index in [1.54, 1.807) is 13.3 Å². The minimum atomic E-state index is 0.0865. The summed E-state index contributed by atoms with van der Waals surface area (Å²) in [5.41, 5.74) is 5.22. The van der Waals surface area contributed by atoms with E-state index in [9.17, 15) is 0 Å². The molecule has 2 aromatic carbocycles. The Morgan fingerprint density at radius 1 is 1.10 bits per heavy atom. The average Bonchev–Trinajstić information content (AvgIpc) is 3.26. The largest absolute Gasteiger partial charge is 0.496 e. The fourth-order valence-corrected chi connectivity index (χ4v) is 4.00. The van der Waals surface area contributed by atoms with Gasteiger partial charge in [-0.25, -0.2) is 0 Å². The molecule has 29 heavy (non-hydrogen) atoms. The lowest BCUT2D eigenvalue weighted by Gasteiger charge is -2.29. The lowest BCUT2D eigenvalue weighted by molar-refractivity contribution is 0.310. The maximum atomic E-state index is 6.65. The van der Waals surface area contributed by atoms with Crippen molar-refractivity contribution in [1.82, 2.24) is 9.88 Å².